The third-order valence-electron chi connectivity index (χ3n) is 2.83. The van der Waals surface area contributed by atoms with E-state index in [1.807, 2.05) is 0 Å². The van der Waals surface area contributed by atoms with E-state index in [2.05, 4.69) is 17.2 Å². The molecule has 5 nitrogen and oxygen atoms in total. The summed E-state index contributed by atoms with van der Waals surface area (Å²) in [5.41, 5.74) is 0.570. The number of aliphatic hydroxyl groups is 1. The molecule has 0 fully saturated rings. The highest BCUT2D eigenvalue weighted by molar-refractivity contribution is 5.91. The Bertz CT molecular complexity index is 376. The molecule has 1 atom stereocenters. The van der Waals surface area contributed by atoms with Crippen molar-refractivity contribution in [3.63, 3.8) is 0 Å². The van der Waals surface area contributed by atoms with Crippen molar-refractivity contribution >= 4 is 11.7 Å². The molecule has 0 bridgehead atoms. The SMILES string of the molecule is CCCC(CCO)CNc1cccnc1C(=O)O. The summed E-state index contributed by atoms with van der Waals surface area (Å²) in [6.45, 7) is 2.91. The van der Waals surface area contributed by atoms with E-state index < -0.39 is 5.97 Å². The second kappa shape index (κ2) is 7.66. The van der Waals surface area contributed by atoms with Crippen molar-refractivity contribution in [2.24, 2.45) is 5.92 Å². The summed E-state index contributed by atoms with van der Waals surface area (Å²) < 4.78 is 0. The van der Waals surface area contributed by atoms with Crippen molar-refractivity contribution < 1.29 is 15.0 Å². The van der Waals surface area contributed by atoms with Crippen LogP contribution in [-0.2, 0) is 0 Å². The van der Waals surface area contributed by atoms with Gasteiger partial charge in [0.1, 0.15) is 0 Å². The van der Waals surface area contributed by atoms with Crippen LogP contribution < -0.4 is 5.32 Å². The zero-order chi connectivity index (χ0) is 13.4. The Morgan fingerprint density at radius 3 is 2.89 bits per heavy atom. The fraction of sp³-hybridized carbons (Fsp3) is 0.538. The van der Waals surface area contributed by atoms with Crippen molar-refractivity contribution in [2.75, 3.05) is 18.5 Å². The molecule has 100 valence electrons. The predicted molar refractivity (Wildman–Crippen MR) is 69.8 cm³/mol. The molecular weight excluding hydrogens is 232 g/mol. The van der Waals surface area contributed by atoms with Gasteiger partial charge in [-0.1, -0.05) is 13.3 Å². The molecule has 0 amide bonds. The van der Waals surface area contributed by atoms with Gasteiger partial charge in [0.05, 0.1) is 5.69 Å². The molecule has 1 rings (SSSR count). The molecule has 0 aromatic carbocycles. The van der Waals surface area contributed by atoms with Crippen molar-refractivity contribution in [1.82, 2.24) is 4.98 Å². The predicted octanol–water partition coefficient (Wildman–Crippen LogP) is 1.99. The van der Waals surface area contributed by atoms with E-state index >= 15 is 0 Å². The second-order valence-electron chi connectivity index (χ2n) is 4.25. The van der Waals surface area contributed by atoms with E-state index in [-0.39, 0.29) is 12.3 Å². The molecule has 0 radical (unpaired) electrons. The molecule has 0 spiro atoms. The van der Waals surface area contributed by atoms with E-state index in [0.717, 1.165) is 19.3 Å². The Kier molecular flexibility index (Phi) is 6.14. The third kappa shape index (κ3) is 4.33. The molecular formula is C13H20N2O3. The van der Waals surface area contributed by atoms with Crippen molar-refractivity contribution in [2.45, 2.75) is 26.2 Å². The van der Waals surface area contributed by atoms with Gasteiger partial charge in [-0.15, -0.1) is 0 Å². The van der Waals surface area contributed by atoms with E-state index in [9.17, 15) is 4.79 Å². The number of anilines is 1. The number of nitrogens with one attached hydrogen (secondary N) is 1. The number of aromatic carboxylic acids is 1. The van der Waals surface area contributed by atoms with Crippen molar-refractivity contribution in [1.29, 1.82) is 0 Å². The first kappa shape index (κ1) is 14.4. The van der Waals surface area contributed by atoms with Crippen LogP contribution in [0.2, 0.25) is 0 Å². The summed E-state index contributed by atoms with van der Waals surface area (Å²) in [6, 6.07) is 3.41. The summed E-state index contributed by atoms with van der Waals surface area (Å²) >= 11 is 0. The number of pyridine rings is 1. The Balaban J connectivity index is 2.63. The van der Waals surface area contributed by atoms with Gasteiger partial charge < -0.3 is 15.5 Å². The minimum atomic E-state index is -1.03. The summed E-state index contributed by atoms with van der Waals surface area (Å²) in [5, 5.41) is 21.1. The van der Waals surface area contributed by atoms with E-state index in [4.69, 9.17) is 10.2 Å². The van der Waals surface area contributed by atoms with Gasteiger partial charge in [-0.2, -0.15) is 0 Å². The lowest BCUT2D eigenvalue weighted by Crippen LogP contribution is -2.17. The van der Waals surface area contributed by atoms with Crippen molar-refractivity contribution in [3.8, 4) is 0 Å². The molecule has 1 heterocycles. The topological polar surface area (TPSA) is 82.5 Å². The Hall–Kier alpha value is -1.62. The largest absolute Gasteiger partial charge is 0.476 e. The zero-order valence-corrected chi connectivity index (χ0v) is 10.6. The number of carbonyl (C=O) groups is 1. The summed E-state index contributed by atoms with van der Waals surface area (Å²) in [4.78, 5) is 14.8. The van der Waals surface area contributed by atoms with Gasteiger partial charge in [0.25, 0.3) is 0 Å². The van der Waals surface area contributed by atoms with Crippen LogP contribution in [0.3, 0.4) is 0 Å². The molecule has 0 saturated carbocycles. The van der Waals surface area contributed by atoms with Crippen LogP contribution in [-0.4, -0.2) is 34.3 Å². The van der Waals surface area contributed by atoms with Crippen LogP contribution in [0, 0.1) is 5.92 Å². The zero-order valence-electron chi connectivity index (χ0n) is 10.6. The lowest BCUT2D eigenvalue weighted by molar-refractivity contribution is 0.0691. The van der Waals surface area contributed by atoms with Gasteiger partial charge in [0.15, 0.2) is 5.69 Å². The van der Waals surface area contributed by atoms with E-state index in [0.29, 0.717) is 18.2 Å². The molecule has 1 unspecified atom stereocenters. The van der Waals surface area contributed by atoms with E-state index in [1.54, 1.807) is 12.1 Å². The first-order chi connectivity index (χ1) is 8.69. The number of aliphatic hydroxyl groups excluding tert-OH is 1. The normalized spacial score (nSPS) is 12.1. The van der Waals surface area contributed by atoms with Crippen LogP contribution in [0.4, 0.5) is 5.69 Å². The minimum absolute atomic E-state index is 0.0387. The molecule has 0 aliphatic rings. The molecule has 0 saturated heterocycles. The average molecular weight is 252 g/mol. The first-order valence-corrected chi connectivity index (χ1v) is 6.22. The summed E-state index contributed by atoms with van der Waals surface area (Å²) in [5.74, 6) is -0.686. The number of carboxylic acids is 1. The lowest BCUT2D eigenvalue weighted by Gasteiger charge is -2.17. The maximum atomic E-state index is 11.0. The first-order valence-electron chi connectivity index (χ1n) is 6.22. The fourth-order valence-electron chi connectivity index (χ4n) is 1.91. The van der Waals surface area contributed by atoms with Crippen LogP contribution in [0.5, 0.6) is 0 Å². The van der Waals surface area contributed by atoms with Crippen LogP contribution in [0.25, 0.3) is 0 Å². The quantitative estimate of drug-likeness (QED) is 0.659. The Morgan fingerprint density at radius 1 is 1.50 bits per heavy atom. The molecule has 18 heavy (non-hydrogen) atoms. The highest BCUT2D eigenvalue weighted by atomic mass is 16.4. The maximum absolute atomic E-state index is 11.0. The molecule has 0 aliphatic carbocycles. The second-order valence-corrected chi connectivity index (χ2v) is 4.25. The molecule has 1 aromatic heterocycles. The van der Waals surface area contributed by atoms with Gasteiger partial charge in [0, 0.05) is 19.3 Å². The average Bonchev–Trinajstić information content (AvgIpc) is 2.36. The molecule has 5 heteroatoms. The summed E-state index contributed by atoms with van der Waals surface area (Å²) in [6.07, 6.45) is 4.25. The number of nitrogens with zero attached hydrogens (tertiary/aromatic N) is 1. The highest BCUT2D eigenvalue weighted by Gasteiger charge is 2.12. The van der Waals surface area contributed by atoms with Crippen LogP contribution in [0.1, 0.15) is 36.7 Å². The third-order valence-corrected chi connectivity index (χ3v) is 2.83. The highest BCUT2D eigenvalue weighted by Crippen LogP contribution is 2.16. The van der Waals surface area contributed by atoms with Gasteiger partial charge in [-0.05, 0) is 30.9 Å². The van der Waals surface area contributed by atoms with Gasteiger partial charge >= 0.3 is 5.97 Å². The van der Waals surface area contributed by atoms with Gasteiger partial charge in [0.2, 0.25) is 0 Å². The number of aromatic nitrogens is 1. The molecule has 0 aliphatic heterocycles. The smallest absolute Gasteiger partial charge is 0.356 e. The van der Waals surface area contributed by atoms with Crippen LogP contribution in [0.15, 0.2) is 18.3 Å². The standard InChI is InChI=1S/C13H20N2O3/c1-2-4-10(6-8-16)9-15-11-5-3-7-14-12(11)13(17)18/h3,5,7,10,15-16H,2,4,6,8-9H2,1H3,(H,17,18). The Morgan fingerprint density at radius 2 is 2.28 bits per heavy atom. The number of carboxylic acid groups (broad SMARTS) is 1. The number of hydrogen-bond donors (Lipinski definition) is 3. The summed E-state index contributed by atoms with van der Waals surface area (Å²) in [7, 11) is 0. The lowest BCUT2D eigenvalue weighted by atomic mass is 10.00. The fourth-order valence-corrected chi connectivity index (χ4v) is 1.91. The maximum Gasteiger partial charge on any atom is 0.356 e. The number of rotatable bonds is 8. The number of hydrogen-bond acceptors (Lipinski definition) is 4. The molecule has 1 aromatic rings. The molecule has 3 N–H and O–H groups in total. The Labute approximate surface area is 107 Å². The van der Waals surface area contributed by atoms with Gasteiger partial charge in [-0.3, -0.25) is 0 Å². The van der Waals surface area contributed by atoms with Crippen molar-refractivity contribution in [3.05, 3.63) is 24.0 Å². The van der Waals surface area contributed by atoms with E-state index in [1.165, 1.54) is 6.20 Å². The van der Waals surface area contributed by atoms with Gasteiger partial charge in [-0.25, -0.2) is 9.78 Å². The minimum Gasteiger partial charge on any atom is -0.476 e. The monoisotopic (exact) mass is 252 g/mol. The van der Waals surface area contributed by atoms with Crippen LogP contribution >= 0.6 is 0 Å².